The number of quaternary nitrogens is 1. The van der Waals surface area contributed by atoms with Crippen molar-refractivity contribution in [2.45, 2.75) is 96.8 Å². The minimum absolute atomic E-state index is 0.124. The molecule has 1 aromatic carbocycles. The standard InChI is InChI=1S/C26H46NO2/c1-4-5-6-7-8-9-10-11-12-13-14-18-23-27(2,3)24-19-22-26(28)29-25-20-16-15-17-21-25/h15-17,20-21H,4-14,18-19,22-24H2,1-3H3/q+1. The van der Waals surface area contributed by atoms with Crippen molar-refractivity contribution in [3.05, 3.63) is 30.3 Å². The van der Waals surface area contributed by atoms with Crippen molar-refractivity contribution in [1.82, 2.24) is 0 Å². The molecule has 0 radical (unpaired) electrons. The van der Waals surface area contributed by atoms with Crippen LogP contribution in [0.1, 0.15) is 96.8 Å². The maximum absolute atomic E-state index is 11.9. The molecule has 0 unspecified atom stereocenters. The molecule has 3 heteroatoms. The molecule has 0 amide bonds. The summed E-state index contributed by atoms with van der Waals surface area (Å²) in [5, 5.41) is 0. The Balaban J connectivity index is 1.94. The first-order chi connectivity index (χ1) is 14.0. The molecule has 0 heterocycles. The number of esters is 1. The van der Waals surface area contributed by atoms with E-state index in [4.69, 9.17) is 4.74 Å². The Bertz CT molecular complexity index is 513. The molecule has 0 fully saturated rings. The quantitative estimate of drug-likeness (QED) is 0.112. The highest BCUT2D eigenvalue weighted by atomic mass is 16.5. The van der Waals surface area contributed by atoms with Gasteiger partial charge in [0.25, 0.3) is 0 Å². The minimum atomic E-state index is -0.124. The largest absolute Gasteiger partial charge is 0.427 e. The Hall–Kier alpha value is -1.35. The molecule has 1 rings (SSSR count). The number of unbranched alkanes of at least 4 members (excludes halogenated alkanes) is 11. The molecular formula is C26H46NO2+. The molecule has 0 aliphatic carbocycles. The molecule has 3 nitrogen and oxygen atoms in total. The van der Waals surface area contributed by atoms with Crippen molar-refractivity contribution >= 4 is 5.97 Å². The van der Waals surface area contributed by atoms with Gasteiger partial charge < -0.3 is 9.22 Å². The minimum Gasteiger partial charge on any atom is -0.427 e. The van der Waals surface area contributed by atoms with E-state index in [0.717, 1.165) is 17.4 Å². The van der Waals surface area contributed by atoms with E-state index in [2.05, 4.69) is 21.0 Å². The fourth-order valence-corrected chi connectivity index (χ4v) is 3.82. The molecule has 0 saturated carbocycles. The molecule has 29 heavy (non-hydrogen) atoms. The van der Waals surface area contributed by atoms with E-state index in [1.807, 2.05) is 30.3 Å². The third-order valence-electron chi connectivity index (χ3n) is 5.74. The fourth-order valence-electron chi connectivity index (χ4n) is 3.82. The second kappa shape index (κ2) is 16.4. The van der Waals surface area contributed by atoms with Crippen molar-refractivity contribution in [2.24, 2.45) is 0 Å². The molecule has 0 spiro atoms. The fraction of sp³-hybridized carbons (Fsp3) is 0.731. The van der Waals surface area contributed by atoms with Crippen LogP contribution in [0.2, 0.25) is 0 Å². The van der Waals surface area contributed by atoms with Gasteiger partial charge in [-0.3, -0.25) is 4.79 Å². The van der Waals surface area contributed by atoms with Crippen LogP contribution in [-0.4, -0.2) is 37.6 Å². The first kappa shape index (κ1) is 25.7. The highest BCUT2D eigenvalue weighted by Crippen LogP contribution is 2.14. The predicted molar refractivity (Wildman–Crippen MR) is 124 cm³/mol. The lowest BCUT2D eigenvalue weighted by Gasteiger charge is -2.29. The van der Waals surface area contributed by atoms with Crippen molar-refractivity contribution in [1.29, 1.82) is 0 Å². The lowest BCUT2D eigenvalue weighted by atomic mass is 10.1. The number of rotatable bonds is 18. The van der Waals surface area contributed by atoms with Crippen LogP contribution in [0.3, 0.4) is 0 Å². The summed E-state index contributed by atoms with van der Waals surface area (Å²) in [7, 11) is 4.56. The van der Waals surface area contributed by atoms with E-state index in [1.54, 1.807) is 0 Å². The second-order valence-electron chi connectivity index (χ2n) is 9.16. The Kier molecular flexibility index (Phi) is 14.6. The van der Waals surface area contributed by atoms with E-state index >= 15 is 0 Å². The summed E-state index contributed by atoms with van der Waals surface area (Å²) in [6.07, 6.45) is 18.1. The van der Waals surface area contributed by atoms with Gasteiger partial charge in [0.05, 0.1) is 33.6 Å². The van der Waals surface area contributed by atoms with Crippen molar-refractivity contribution in [2.75, 3.05) is 27.2 Å². The van der Waals surface area contributed by atoms with Crippen LogP contribution in [0.15, 0.2) is 30.3 Å². The molecule has 0 N–H and O–H groups in total. The Labute approximate surface area is 180 Å². The number of hydrogen-bond donors (Lipinski definition) is 0. The highest BCUT2D eigenvalue weighted by molar-refractivity contribution is 5.72. The number of carbonyl (C=O) groups is 1. The monoisotopic (exact) mass is 404 g/mol. The van der Waals surface area contributed by atoms with E-state index in [1.165, 1.54) is 83.6 Å². The molecule has 0 saturated heterocycles. The van der Waals surface area contributed by atoms with Crippen LogP contribution in [0.25, 0.3) is 0 Å². The van der Waals surface area contributed by atoms with Crippen molar-refractivity contribution in [3.8, 4) is 5.75 Å². The van der Waals surface area contributed by atoms with Crippen LogP contribution in [0.4, 0.5) is 0 Å². The van der Waals surface area contributed by atoms with Crippen LogP contribution in [0.5, 0.6) is 5.75 Å². The normalized spacial score (nSPS) is 11.6. The zero-order chi connectivity index (χ0) is 21.2. The van der Waals surface area contributed by atoms with Gasteiger partial charge in [-0.1, -0.05) is 89.3 Å². The molecule has 0 atom stereocenters. The van der Waals surface area contributed by atoms with Crippen molar-refractivity contribution < 1.29 is 14.0 Å². The third kappa shape index (κ3) is 15.2. The number of para-hydroxylation sites is 1. The SMILES string of the molecule is CCCCCCCCCCCCCC[N+](C)(C)CCCC(=O)Oc1ccccc1. The lowest BCUT2D eigenvalue weighted by molar-refractivity contribution is -0.890. The van der Waals surface area contributed by atoms with E-state index < -0.39 is 0 Å². The number of nitrogens with zero attached hydrogens (tertiary/aromatic N) is 1. The summed E-state index contributed by atoms with van der Waals surface area (Å²) in [6.45, 7) is 4.51. The van der Waals surface area contributed by atoms with E-state index in [-0.39, 0.29) is 5.97 Å². The first-order valence-corrected chi connectivity index (χ1v) is 12.1. The summed E-state index contributed by atoms with van der Waals surface area (Å²) >= 11 is 0. The first-order valence-electron chi connectivity index (χ1n) is 12.1. The molecule has 166 valence electrons. The topological polar surface area (TPSA) is 26.3 Å². The molecular weight excluding hydrogens is 358 g/mol. The maximum atomic E-state index is 11.9. The van der Waals surface area contributed by atoms with Gasteiger partial charge >= 0.3 is 5.97 Å². The van der Waals surface area contributed by atoms with Gasteiger partial charge in [-0.2, -0.15) is 0 Å². The molecule has 0 aliphatic heterocycles. The summed E-state index contributed by atoms with van der Waals surface area (Å²) in [5.41, 5.74) is 0. The summed E-state index contributed by atoms with van der Waals surface area (Å²) in [4.78, 5) is 11.9. The summed E-state index contributed by atoms with van der Waals surface area (Å²) in [5.74, 6) is 0.518. The number of carbonyl (C=O) groups excluding carboxylic acids is 1. The lowest BCUT2D eigenvalue weighted by Crippen LogP contribution is -2.41. The van der Waals surface area contributed by atoms with Gasteiger partial charge in [0, 0.05) is 6.42 Å². The average Bonchev–Trinajstić information content (AvgIpc) is 2.69. The van der Waals surface area contributed by atoms with Gasteiger partial charge in [-0.25, -0.2) is 0 Å². The van der Waals surface area contributed by atoms with E-state index in [0.29, 0.717) is 12.2 Å². The third-order valence-corrected chi connectivity index (χ3v) is 5.74. The van der Waals surface area contributed by atoms with Crippen molar-refractivity contribution in [3.63, 3.8) is 0 Å². The maximum Gasteiger partial charge on any atom is 0.311 e. The zero-order valence-electron chi connectivity index (χ0n) is 19.5. The summed E-state index contributed by atoms with van der Waals surface area (Å²) in [6, 6.07) is 9.35. The average molecular weight is 405 g/mol. The van der Waals surface area contributed by atoms with Crippen LogP contribution < -0.4 is 4.74 Å². The Morgan fingerprint density at radius 3 is 1.76 bits per heavy atom. The van der Waals surface area contributed by atoms with Gasteiger partial charge in [0.2, 0.25) is 0 Å². The van der Waals surface area contributed by atoms with Gasteiger partial charge in [-0.05, 0) is 25.0 Å². The highest BCUT2D eigenvalue weighted by Gasteiger charge is 2.15. The molecule has 1 aromatic rings. The van der Waals surface area contributed by atoms with Gasteiger partial charge in [-0.15, -0.1) is 0 Å². The number of hydrogen-bond acceptors (Lipinski definition) is 2. The number of benzene rings is 1. The van der Waals surface area contributed by atoms with Crippen LogP contribution in [-0.2, 0) is 4.79 Å². The Morgan fingerprint density at radius 1 is 0.724 bits per heavy atom. The Morgan fingerprint density at radius 2 is 1.21 bits per heavy atom. The smallest absolute Gasteiger partial charge is 0.311 e. The van der Waals surface area contributed by atoms with Crippen LogP contribution in [0, 0.1) is 0 Å². The van der Waals surface area contributed by atoms with Gasteiger partial charge in [0.1, 0.15) is 5.75 Å². The van der Waals surface area contributed by atoms with Crippen LogP contribution >= 0.6 is 0 Å². The predicted octanol–water partition coefficient (Wildman–Crippen LogP) is 7.15. The second-order valence-corrected chi connectivity index (χ2v) is 9.16. The molecule has 0 bridgehead atoms. The number of ether oxygens (including phenoxy) is 1. The molecule has 0 aromatic heterocycles. The molecule has 0 aliphatic rings. The zero-order valence-corrected chi connectivity index (χ0v) is 19.5. The van der Waals surface area contributed by atoms with Gasteiger partial charge in [0.15, 0.2) is 0 Å². The summed E-state index contributed by atoms with van der Waals surface area (Å²) < 4.78 is 6.36. The van der Waals surface area contributed by atoms with E-state index in [9.17, 15) is 4.79 Å².